The van der Waals surface area contributed by atoms with E-state index < -0.39 is 5.60 Å². The van der Waals surface area contributed by atoms with Gasteiger partial charge in [0.15, 0.2) is 0 Å². The van der Waals surface area contributed by atoms with Gasteiger partial charge in [-0.3, -0.25) is 4.79 Å². The second-order valence-corrected chi connectivity index (χ2v) is 5.99. The minimum Gasteiger partial charge on any atom is -0.384 e. The quantitative estimate of drug-likeness (QED) is 0.890. The van der Waals surface area contributed by atoms with E-state index in [1.165, 1.54) is 24.3 Å². The molecule has 2 aromatic rings. The summed E-state index contributed by atoms with van der Waals surface area (Å²) in [4.78, 5) is 12.4. The Kier molecular flexibility index (Phi) is 4.90. The van der Waals surface area contributed by atoms with E-state index >= 15 is 0 Å². The summed E-state index contributed by atoms with van der Waals surface area (Å²) in [6.07, 6.45) is 0. The summed E-state index contributed by atoms with van der Waals surface area (Å²) in [6, 6.07) is 7.47. The highest BCUT2D eigenvalue weighted by Crippen LogP contribution is 2.21. The van der Waals surface area contributed by atoms with Gasteiger partial charge in [-0.25, -0.2) is 4.39 Å². The Morgan fingerprint density at radius 2 is 1.91 bits per heavy atom. The van der Waals surface area contributed by atoms with Crippen LogP contribution in [0.2, 0.25) is 0 Å². The second kappa shape index (κ2) is 6.54. The maximum Gasteiger partial charge on any atom is 0.253 e. The second-order valence-electron chi connectivity index (χ2n) is 5.99. The minimum absolute atomic E-state index is 0.0489. The maximum atomic E-state index is 13.0. The fraction of sp³-hybridized carbons (Fsp3) is 0.389. The summed E-state index contributed by atoms with van der Waals surface area (Å²) in [7, 11) is 0. The molecule has 2 N–H and O–H groups in total. The summed E-state index contributed by atoms with van der Waals surface area (Å²) in [5.41, 5.74) is 1.83. The predicted octanol–water partition coefficient (Wildman–Crippen LogP) is 2.90. The first-order valence-corrected chi connectivity index (χ1v) is 7.69. The normalized spacial score (nSPS) is 13.7. The van der Waals surface area contributed by atoms with E-state index in [9.17, 15) is 14.3 Å². The summed E-state index contributed by atoms with van der Waals surface area (Å²) in [5.74, 6) is -0.583. The first-order chi connectivity index (χ1) is 10.8. The molecule has 1 aromatic carbocycles. The summed E-state index contributed by atoms with van der Waals surface area (Å²) >= 11 is 0. The third-order valence-electron chi connectivity index (χ3n) is 4.19. The zero-order chi connectivity index (χ0) is 17.2. The number of carbonyl (C=O) groups is 1. The minimum atomic E-state index is -1.26. The van der Waals surface area contributed by atoms with Crippen molar-refractivity contribution in [3.8, 4) is 0 Å². The maximum absolute atomic E-state index is 13.0. The molecule has 1 heterocycles. The van der Waals surface area contributed by atoms with Crippen LogP contribution in [0.15, 0.2) is 30.3 Å². The Bertz CT molecular complexity index is 703. The number of benzene rings is 1. The van der Waals surface area contributed by atoms with Crippen LogP contribution in [0.1, 0.15) is 41.2 Å². The Morgan fingerprint density at radius 3 is 2.43 bits per heavy atom. The average Bonchev–Trinajstić information content (AvgIpc) is 2.79. The number of amides is 1. The van der Waals surface area contributed by atoms with Gasteiger partial charge in [-0.05, 0) is 51.5 Å². The van der Waals surface area contributed by atoms with Crippen molar-refractivity contribution in [2.75, 3.05) is 6.54 Å². The van der Waals surface area contributed by atoms with Gasteiger partial charge >= 0.3 is 0 Å². The van der Waals surface area contributed by atoms with Gasteiger partial charge in [0.25, 0.3) is 5.91 Å². The summed E-state index contributed by atoms with van der Waals surface area (Å²) in [5, 5.41) is 13.3. The van der Waals surface area contributed by atoms with Crippen molar-refractivity contribution in [2.45, 2.75) is 39.8 Å². The van der Waals surface area contributed by atoms with Crippen LogP contribution in [0.25, 0.3) is 0 Å². The van der Waals surface area contributed by atoms with Crippen LogP contribution < -0.4 is 5.32 Å². The standard InChI is InChI=1S/C18H23FN2O2/c1-5-21-12(2)10-16(13(21)3)17(22)20-11-18(4,23)14-6-8-15(19)9-7-14/h6-10,23H,5,11H2,1-4H3,(H,20,22). The number of aromatic nitrogens is 1. The molecule has 1 amide bonds. The first kappa shape index (κ1) is 17.2. The number of aryl methyl sites for hydroxylation is 1. The Hall–Kier alpha value is -2.14. The van der Waals surface area contributed by atoms with Crippen LogP contribution in [0.3, 0.4) is 0 Å². The van der Waals surface area contributed by atoms with Crippen LogP contribution in [0, 0.1) is 19.7 Å². The van der Waals surface area contributed by atoms with Crippen molar-refractivity contribution in [1.82, 2.24) is 9.88 Å². The molecule has 5 heteroatoms. The fourth-order valence-corrected chi connectivity index (χ4v) is 2.78. The average molecular weight is 318 g/mol. The van der Waals surface area contributed by atoms with E-state index in [1.807, 2.05) is 26.8 Å². The topological polar surface area (TPSA) is 54.3 Å². The molecule has 124 valence electrons. The molecule has 0 spiro atoms. The number of hydrogen-bond donors (Lipinski definition) is 2. The molecule has 1 unspecified atom stereocenters. The monoisotopic (exact) mass is 318 g/mol. The lowest BCUT2D eigenvalue weighted by Gasteiger charge is -2.24. The molecule has 2 rings (SSSR count). The van der Waals surface area contributed by atoms with Crippen molar-refractivity contribution in [3.05, 3.63) is 58.7 Å². The highest BCUT2D eigenvalue weighted by Gasteiger charge is 2.25. The van der Waals surface area contributed by atoms with E-state index in [0.717, 1.165) is 17.9 Å². The Labute approximate surface area is 135 Å². The van der Waals surface area contributed by atoms with Gasteiger partial charge in [-0.2, -0.15) is 0 Å². The van der Waals surface area contributed by atoms with E-state index in [2.05, 4.69) is 9.88 Å². The number of aliphatic hydroxyl groups is 1. The lowest BCUT2D eigenvalue weighted by Crippen LogP contribution is -2.38. The predicted molar refractivity (Wildman–Crippen MR) is 87.9 cm³/mol. The Balaban J connectivity index is 2.10. The number of rotatable bonds is 5. The third-order valence-corrected chi connectivity index (χ3v) is 4.19. The van der Waals surface area contributed by atoms with Crippen molar-refractivity contribution >= 4 is 5.91 Å². The molecule has 0 bridgehead atoms. The van der Waals surface area contributed by atoms with Crippen LogP contribution in [-0.4, -0.2) is 22.1 Å². The van der Waals surface area contributed by atoms with E-state index in [4.69, 9.17) is 0 Å². The van der Waals surface area contributed by atoms with Crippen LogP contribution in [0.5, 0.6) is 0 Å². The third kappa shape index (κ3) is 3.62. The lowest BCUT2D eigenvalue weighted by molar-refractivity contribution is 0.0525. The van der Waals surface area contributed by atoms with Gasteiger partial charge < -0.3 is 15.0 Å². The molecule has 0 fully saturated rings. The molecule has 1 aromatic heterocycles. The smallest absolute Gasteiger partial charge is 0.253 e. The number of nitrogens with zero attached hydrogens (tertiary/aromatic N) is 1. The van der Waals surface area contributed by atoms with Crippen molar-refractivity contribution in [1.29, 1.82) is 0 Å². The molecule has 0 aliphatic heterocycles. The highest BCUT2D eigenvalue weighted by molar-refractivity contribution is 5.95. The molecule has 0 saturated heterocycles. The highest BCUT2D eigenvalue weighted by atomic mass is 19.1. The van der Waals surface area contributed by atoms with E-state index in [-0.39, 0.29) is 18.3 Å². The van der Waals surface area contributed by atoms with Crippen molar-refractivity contribution < 1.29 is 14.3 Å². The molecule has 0 aliphatic rings. The molecule has 1 atom stereocenters. The molecular formula is C18H23FN2O2. The number of halogens is 1. The van der Waals surface area contributed by atoms with Crippen LogP contribution in [0.4, 0.5) is 4.39 Å². The zero-order valence-electron chi connectivity index (χ0n) is 14.0. The van der Waals surface area contributed by atoms with Crippen molar-refractivity contribution in [3.63, 3.8) is 0 Å². The van der Waals surface area contributed by atoms with Crippen LogP contribution >= 0.6 is 0 Å². The largest absolute Gasteiger partial charge is 0.384 e. The number of carbonyl (C=O) groups excluding carboxylic acids is 1. The molecule has 0 aliphatic carbocycles. The summed E-state index contributed by atoms with van der Waals surface area (Å²) < 4.78 is 15.0. The first-order valence-electron chi connectivity index (χ1n) is 7.69. The zero-order valence-corrected chi connectivity index (χ0v) is 14.0. The number of nitrogens with one attached hydrogen (secondary N) is 1. The molecule has 4 nitrogen and oxygen atoms in total. The molecular weight excluding hydrogens is 295 g/mol. The van der Waals surface area contributed by atoms with E-state index in [1.54, 1.807) is 6.92 Å². The van der Waals surface area contributed by atoms with Gasteiger partial charge in [0, 0.05) is 17.9 Å². The number of hydrogen-bond acceptors (Lipinski definition) is 2. The van der Waals surface area contributed by atoms with Gasteiger partial charge in [0.2, 0.25) is 0 Å². The lowest BCUT2D eigenvalue weighted by atomic mass is 9.96. The van der Waals surface area contributed by atoms with Gasteiger partial charge in [-0.1, -0.05) is 12.1 Å². The summed E-state index contributed by atoms with van der Waals surface area (Å²) in [6.45, 7) is 8.34. The fourth-order valence-electron chi connectivity index (χ4n) is 2.78. The van der Waals surface area contributed by atoms with Gasteiger partial charge in [0.05, 0.1) is 12.1 Å². The van der Waals surface area contributed by atoms with Gasteiger partial charge in [0.1, 0.15) is 11.4 Å². The molecule has 0 saturated carbocycles. The molecule has 23 heavy (non-hydrogen) atoms. The Morgan fingerprint density at radius 1 is 1.30 bits per heavy atom. The van der Waals surface area contributed by atoms with Gasteiger partial charge in [-0.15, -0.1) is 0 Å². The molecule has 0 radical (unpaired) electrons. The SMILES string of the molecule is CCn1c(C)cc(C(=O)NCC(C)(O)c2ccc(F)cc2)c1C. The van der Waals surface area contributed by atoms with Crippen LogP contribution in [-0.2, 0) is 12.1 Å². The van der Waals surface area contributed by atoms with E-state index in [0.29, 0.717) is 11.1 Å². The van der Waals surface area contributed by atoms with Crippen molar-refractivity contribution in [2.24, 2.45) is 0 Å².